The van der Waals surface area contributed by atoms with Gasteiger partial charge in [-0.2, -0.15) is 0 Å². The van der Waals surface area contributed by atoms with Crippen LogP contribution >= 0.6 is 0 Å². The molecule has 0 amide bonds. The first-order chi connectivity index (χ1) is 8.45. The highest BCUT2D eigenvalue weighted by Crippen LogP contribution is 2.14. The molecular weight excluding hydrogens is 236 g/mol. The summed E-state index contributed by atoms with van der Waals surface area (Å²) in [5, 5.41) is 7.34. The maximum atomic E-state index is 13.5. The van der Waals surface area contributed by atoms with E-state index in [4.69, 9.17) is 11.1 Å². The average Bonchev–Trinajstić information content (AvgIpc) is 2.33. The van der Waals surface area contributed by atoms with Crippen molar-refractivity contribution in [2.45, 2.75) is 20.4 Å². The molecule has 0 radical (unpaired) electrons. The second-order valence-corrected chi connectivity index (χ2v) is 4.40. The Balaban J connectivity index is 2.74. The molecule has 3 N–H and O–H groups in total. The number of rotatable bonds is 6. The lowest BCUT2D eigenvalue weighted by Gasteiger charge is -2.24. The van der Waals surface area contributed by atoms with Crippen LogP contribution in [0, 0.1) is 23.0 Å². The largest absolute Gasteiger partial charge is 0.387 e. The molecule has 1 rings (SSSR count). The monoisotopic (exact) mass is 255 g/mol. The van der Waals surface area contributed by atoms with E-state index in [1.54, 1.807) is 6.07 Å². The molecule has 1 unspecified atom stereocenters. The maximum Gasteiger partial charge on any atom is 0.163 e. The van der Waals surface area contributed by atoms with Crippen LogP contribution in [-0.2, 0) is 6.54 Å². The molecule has 0 bridgehead atoms. The number of nitrogens with zero attached hydrogens (tertiary/aromatic N) is 1. The third-order valence-electron chi connectivity index (χ3n) is 2.94. The third kappa shape index (κ3) is 3.77. The summed E-state index contributed by atoms with van der Waals surface area (Å²) >= 11 is 0. The van der Waals surface area contributed by atoms with Gasteiger partial charge in [-0.05, 0) is 12.6 Å². The summed E-state index contributed by atoms with van der Waals surface area (Å²) in [6.07, 6.45) is 0. The van der Waals surface area contributed by atoms with E-state index in [0.717, 1.165) is 6.07 Å². The minimum atomic E-state index is -0.830. The Hall–Kier alpha value is -1.49. The summed E-state index contributed by atoms with van der Waals surface area (Å²) in [4.78, 5) is 1.93. The fourth-order valence-corrected chi connectivity index (χ4v) is 1.70. The van der Waals surface area contributed by atoms with Gasteiger partial charge in [0, 0.05) is 24.6 Å². The van der Waals surface area contributed by atoms with Gasteiger partial charge in [0.1, 0.15) is 0 Å². The van der Waals surface area contributed by atoms with Gasteiger partial charge >= 0.3 is 0 Å². The van der Waals surface area contributed by atoms with Crippen LogP contribution in [0.1, 0.15) is 19.4 Å². The summed E-state index contributed by atoms with van der Waals surface area (Å²) in [6, 6.07) is 4.17. The molecule has 0 heterocycles. The van der Waals surface area contributed by atoms with Gasteiger partial charge in [-0.15, -0.1) is 0 Å². The normalized spacial score (nSPS) is 12.7. The van der Waals surface area contributed by atoms with Crippen molar-refractivity contribution in [3.63, 3.8) is 0 Å². The average molecular weight is 255 g/mol. The number of halogens is 2. The highest BCUT2D eigenvalue weighted by atomic mass is 19.2. The third-order valence-corrected chi connectivity index (χ3v) is 2.94. The Bertz CT molecular complexity index is 421. The molecule has 0 aliphatic rings. The van der Waals surface area contributed by atoms with Crippen molar-refractivity contribution in [1.82, 2.24) is 4.90 Å². The molecule has 18 heavy (non-hydrogen) atoms. The van der Waals surface area contributed by atoms with E-state index >= 15 is 0 Å². The highest BCUT2D eigenvalue weighted by Gasteiger charge is 2.14. The first kappa shape index (κ1) is 14.6. The van der Waals surface area contributed by atoms with Crippen molar-refractivity contribution in [1.29, 1.82) is 5.41 Å². The first-order valence-electron chi connectivity index (χ1n) is 5.94. The number of nitrogens with two attached hydrogens (primary N) is 1. The van der Waals surface area contributed by atoms with Gasteiger partial charge < -0.3 is 5.73 Å². The van der Waals surface area contributed by atoms with E-state index < -0.39 is 11.6 Å². The zero-order valence-corrected chi connectivity index (χ0v) is 10.7. The zero-order valence-electron chi connectivity index (χ0n) is 10.7. The van der Waals surface area contributed by atoms with E-state index in [0.29, 0.717) is 25.2 Å². The van der Waals surface area contributed by atoms with Crippen molar-refractivity contribution >= 4 is 5.84 Å². The molecule has 1 atom stereocenters. The fraction of sp³-hybridized carbons (Fsp3) is 0.462. The van der Waals surface area contributed by atoms with Crippen molar-refractivity contribution in [3.05, 3.63) is 35.4 Å². The van der Waals surface area contributed by atoms with E-state index in [-0.39, 0.29) is 11.8 Å². The lowest BCUT2D eigenvalue weighted by Crippen LogP contribution is -2.34. The van der Waals surface area contributed by atoms with Gasteiger partial charge in [0.2, 0.25) is 0 Å². The molecule has 0 aromatic heterocycles. The Morgan fingerprint density at radius 2 is 2.11 bits per heavy atom. The highest BCUT2D eigenvalue weighted by molar-refractivity contribution is 5.79. The summed E-state index contributed by atoms with van der Waals surface area (Å²) in [6.45, 7) is 5.34. The number of nitrogens with one attached hydrogen (secondary N) is 1. The quantitative estimate of drug-likeness (QED) is 0.605. The van der Waals surface area contributed by atoms with Gasteiger partial charge in [0.05, 0.1) is 5.84 Å². The molecular formula is C13H19F2N3. The Labute approximate surface area is 106 Å². The molecule has 0 aliphatic carbocycles. The van der Waals surface area contributed by atoms with Crippen LogP contribution in [-0.4, -0.2) is 23.8 Å². The molecule has 1 aromatic rings. The Morgan fingerprint density at radius 1 is 1.44 bits per heavy atom. The van der Waals surface area contributed by atoms with Crippen molar-refractivity contribution in [3.8, 4) is 0 Å². The number of benzene rings is 1. The van der Waals surface area contributed by atoms with Crippen LogP contribution in [0.25, 0.3) is 0 Å². The SMILES string of the molecule is CCN(Cc1cccc(F)c1F)CC(C)C(=N)N. The summed E-state index contributed by atoms with van der Waals surface area (Å²) in [5.74, 6) is -1.62. The van der Waals surface area contributed by atoms with Crippen molar-refractivity contribution in [2.24, 2.45) is 11.7 Å². The lowest BCUT2D eigenvalue weighted by molar-refractivity contribution is 0.258. The van der Waals surface area contributed by atoms with Crippen LogP contribution in [0.4, 0.5) is 8.78 Å². The Kier molecular flexibility index (Phi) is 5.22. The first-order valence-corrected chi connectivity index (χ1v) is 5.94. The van der Waals surface area contributed by atoms with Crippen molar-refractivity contribution < 1.29 is 8.78 Å². The molecule has 1 aromatic carbocycles. The molecule has 3 nitrogen and oxygen atoms in total. The maximum absolute atomic E-state index is 13.5. The van der Waals surface area contributed by atoms with Crippen LogP contribution in [0.5, 0.6) is 0 Å². The van der Waals surface area contributed by atoms with Crippen LogP contribution in [0.3, 0.4) is 0 Å². The predicted octanol–water partition coefficient (Wildman–Crippen LogP) is 2.36. The molecule has 100 valence electrons. The topological polar surface area (TPSA) is 53.1 Å². The molecule has 0 spiro atoms. The molecule has 0 aliphatic heterocycles. The smallest absolute Gasteiger partial charge is 0.163 e. The van der Waals surface area contributed by atoms with Gasteiger partial charge in [-0.1, -0.05) is 26.0 Å². The van der Waals surface area contributed by atoms with Crippen LogP contribution in [0.15, 0.2) is 18.2 Å². The van der Waals surface area contributed by atoms with Gasteiger partial charge in [0.15, 0.2) is 11.6 Å². The number of hydrogen-bond acceptors (Lipinski definition) is 2. The van der Waals surface area contributed by atoms with E-state index in [1.807, 2.05) is 18.7 Å². The molecule has 0 fully saturated rings. The second-order valence-electron chi connectivity index (χ2n) is 4.40. The van der Waals surface area contributed by atoms with Crippen LogP contribution in [0.2, 0.25) is 0 Å². The molecule has 0 saturated heterocycles. The summed E-state index contributed by atoms with van der Waals surface area (Å²) in [5.41, 5.74) is 5.74. The molecule has 5 heteroatoms. The number of amidine groups is 1. The van der Waals surface area contributed by atoms with Crippen LogP contribution < -0.4 is 5.73 Å². The van der Waals surface area contributed by atoms with Crippen molar-refractivity contribution in [2.75, 3.05) is 13.1 Å². The van der Waals surface area contributed by atoms with Gasteiger partial charge in [-0.25, -0.2) is 8.78 Å². The molecule has 0 saturated carbocycles. The Morgan fingerprint density at radius 3 is 2.67 bits per heavy atom. The van der Waals surface area contributed by atoms with E-state index in [1.165, 1.54) is 6.07 Å². The predicted molar refractivity (Wildman–Crippen MR) is 68.4 cm³/mol. The fourth-order valence-electron chi connectivity index (χ4n) is 1.70. The van der Waals surface area contributed by atoms with E-state index in [2.05, 4.69) is 0 Å². The minimum Gasteiger partial charge on any atom is -0.387 e. The standard InChI is InChI=1S/C13H19F2N3/c1-3-18(7-9(2)13(16)17)8-10-5-4-6-11(14)12(10)15/h4-6,9H,3,7-8H2,1-2H3,(H3,16,17). The second kappa shape index (κ2) is 6.44. The zero-order chi connectivity index (χ0) is 13.7. The van der Waals surface area contributed by atoms with Gasteiger partial charge in [-0.3, -0.25) is 10.3 Å². The minimum absolute atomic E-state index is 0.0958. The number of hydrogen-bond donors (Lipinski definition) is 2. The lowest BCUT2D eigenvalue weighted by atomic mass is 10.1. The van der Waals surface area contributed by atoms with Gasteiger partial charge in [0.25, 0.3) is 0 Å². The van der Waals surface area contributed by atoms with E-state index in [9.17, 15) is 8.78 Å². The summed E-state index contributed by atoms with van der Waals surface area (Å²) in [7, 11) is 0. The summed E-state index contributed by atoms with van der Waals surface area (Å²) < 4.78 is 26.6.